The number of rotatable bonds is 2. The fourth-order valence-electron chi connectivity index (χ4n) is 3.30. The van der Waals surface area contributed by atoms with Gasteiger partial charge < -0.3 is 9.64 Å². The molecule has 1 aromatic rings. The number of methoxy groups -OCH3 is 1. The number of ether oxygens (including phenoxy) is 1. The third kappa shape index (κ3) is 1.86. The summed E-state index contributed by atoms with van der Waals surface area (Å²) in [6.45, 7) is 1.92. The molecule has 1 saturated heterocycles. The normalized spacial score (nSPS) is 33.2. The predicted molar refractivity (Wildman–Crippen MR) is 66.4 cm³/mol. The molecule has 2 fully saturated rings. The van der Waals surface area contributed by atoms with Crippen LogP contribution >= 0.6 is 0 Å². The van der Waals surface area contributed by atoms with E-state index in [1.807, 2.05) is 6.92 Å². The summed E-state index contributed by atoms with van der Waals surface area (Å²) in [5.74, 6) is 0.824. The molecule has 0 spiro atoms. The Morgan fingerprint density at radius 3 is 2.42 bits per heavy atom. The largest absolute Gasteiger partial charge is 0.497 e. The van der Waals surface area contributed by atoms with E-state index >= 15 is 0 Å². The van der Waals surface area contributed by atoms with Crippen molar-refractivity contribution in [3.8, 4) is 5.75 Å². The zero-order chi connectivity index (χ0) is 13.8. The van der Waals surface area contributed by atoms with Crippen LogP contribution in [0, 0.1) is 5.92 Å². The molecule has 0 radical (unpaired) electrons. The Hall–Kier alpha value is -1.39. The maximum absolute atomic E-state index is 13.1. The summed E-state index contributed by atoms with van der Waals surface area (Å²) in [5.41, 5.74) is 0.306. The van der Waals surface area contributed by atoms with Crippen molar-refractivity contribution in [1.82, 2.24) is 0 Å². The summed E-state index contributed by atoms with van der Waals surface area (Å²) in [5, 5.41) is 0. The lowest BCUT2D eigenvalue weighted by molar-refractivity contribution is -0.148. The molecule has 0 bridgehead atoms. The molecule has 104 valence electrons. The van der Waals surface area contributed by atoms with Gasteiger partial charge in [-0.2, -0.15) is 13.2 Å². The summed E-state index contributed by atoms with van der Waals surface area (Å²) in [6, 6.07) is 5.49. The van der Waals surface area contributed by atoms with Crippen LogP contribution in [0.15, 0.2) is 24.3 Å². The fraction of sp³-hybridized carbons (Fsp3) is 0.571. The SMILES string of the molecule is COc1ccc(N2C(C(F)(F)F)C[C@H]3C[C@]32C)cc1. The number of halogens is 3. The number of alkyl halides is 3. The Morgan fingerprint density at radius 1 is 1.26 bits per heavy atom. The van der Waals surface area contributed by atoms with Gasteiger partial charge in [0.1, 0.15) is 11.8 Å². The Kier molecular flexibility index (Phi) is 2.53. The van der Waals surface area contributed by atoms with E-state index in [-0.39, 0.29) is 17.9 Å². The number of piperidine rings is 1. The Labute approximate surface area is 110 Å². The maximum atomic E-state index is 13.1. The van der Waals surface area contributed by atoms with Gasteiger partial charge in [-0.15, -0.1) is 0 Å². The van der Waals surface area contributed by atoms with Crippen molar-refractivity contribution in [2.75, 3.05) is 12.0 Å². The Morgan fingerprint density at radius 2 is 1.89 bits per heavy atom. The minimum atomic E-state index is -4.17. The number of anilines is 1. The van der Waals surface area contributed by atoms with Crippen molar-refractivity contribution in [1.29, 1.82) is 0 Å². The first-order valence-corrected chi connectivity index (χ1v) is 6.36. The van der Waals surface area contributed by atoms with Gasteiger partial charge in [0.15, 0.2) is 0 Å². The highest BCUT2D eigenvalue weighted by Gasteiger charge is 2.67. The van der Waals surface area contributed by atoms with Crippen LogP contribution in [0.3, 0.4) is 0 Å². The van der Waals surface area contributed by atoms with Crippen molar-refractivity contribution in [3.05, 3.63) is 24.3 Å². The predicted octanol–water partition coefficient (Wildman–Crippen LogP) is 3.61. The Balaban J connectivity index is 1.95. The van der Waals surface area contributed by atoms with Gasteiger partial charge in [-0.25, -0.2) is 0 Å². The van der Waals surface area contributed by atoms with Crippen molar-refractivity contribution in [2.45, 2.75) is 37.5 Å². The molecule has 0 aromatic heterocycles. The molecule has 1 aromatic carbocycles. The Bertz CT molecular complexity index is 484. The van der Waals surface area contributed by atoms with E-state index in [1.54, 1.807) is 36.3 Å². The van der Waals surface area contributed by atoms with Crippen LogP contribution in [0.2, 0.25) is 0 Å². The first-order valence-electron chi connectivity index (χ1n) is 6.36. The van der Waals surface area contributed by atoms with Gasteiger partial charge in [0, 0.05) is 11.2 Å². The number of nitrogens with zero attached hydrogens (tertiary/aromatic N) is 1. The number of hydrogen-bond acceptors (Lipinski definition) is 2. The van der Waals surface area contributed by atoms with Crippen LogP contribution in [0.5, 0.6) is 5.75 Å². The third-order valence-electron chi connectivity index (χ3n) is 4.48. The molecular formula is C14H16F3NO. The lowest BCUT2D eigenvalue weighted by Gasteiger charge is -2.35. The van der Waals surface area contributed by atoms with Gasteiger partial charge in [-0.05, 0) is 49.9 Å². The zero-order valence-electron chi connectivity index (χ0n) is 10.9. The van der Waals surface area contributed by atoms with E-state index in [1.165, 1.54) is 0 Å². The third-order valence-corrected chi connectivity index (χ3v) is 4.48. The molecule has 1 heterocycles. The van der Waals surface area contributed by atoms with Gasteiger partial charge in [-0.1, -0.05) is 0 Å². The molecule has 3 atom stereocenters. The molecule has 0 N–H and O–H groups in total. The first-order chi connectivity index (χ1) is 8.86. The van der Waals surface area contributed by atoms with Crippen molar-refractivity contribution < 1.29 is 17.9 Å². The molecule has 2 nitrogen and oxygen atoms in total. The molecule has 1 aliphatic carbocycles. The molecule has 1 aliphatic heterocycles. The van der Waals surface area contributed by atoms with E-state index in [0.29, 0.717) is 11.4 Å². The molecule has 5 heteroatoms. The summed E-state index contributed by atoms with van der Waals surface area (Å²) in [4.78, 5) is 1.55. The quantitative estimate of drug-likeness (QED) is 0.814. The van der Waals surface area contributed by atoms with Crippen LogP contribution in [-0.4, -0.2) is 24.9 Å². The minimum Gasteiger partial charge on any atom is -0.497 e. The number of fused-ring (bicyclic) bond motifs is 1. The highest BCUT2D eigenvalue weighted by molar-refractivity contribution is 5.57. The van der Waals surface area contributed by atoms with E-state index < -0.39 is 12.2 Å². The van der Waals surface area contributed by atoms with E-state index in [2.05, 4.69) is 0 Å². The molecule has 1 unspecified atom stereocenters. The van der Waals surface area contributed by atoms with E-state index in [9.17, 15) is 13.2 Å². The van der Waals surface area contributed by atoms with Gasteiger partial charge >= 0.3 is 6.18 Å². The zero-order valence-corrected chi connectivity index (χ0v) is 10.9. The molecule has 1 saturated carbocycles. The minimum absolute atomic E-state index is 0.168. The molecule has 3 rings (SSSR count). The summed E-state index contributed by atoms with van der Waals surface area (Å²) in [7, 11) is 1.54. The van der Waals surface area contributed by atoms with Crippen LogP contribution < -0.4 is 9.64 Å². The monoisotopic (exact) mass is 271 g/mol. The van der Waals surface area contributed by atoms with Crippen LogP contribution in [-0.2, 0) is 0 Å². The maximum Gasteiger partial charge on any atom is 0.408 e. The second kappa shape index (κ2) is 3.81. The van der Waals surface area contributed by atoms with E-state index in [4.69, 9.17) is 4.74 Å². The summed E-state index contributed by atoms with van der Waals surface area (Å²) in [6.07, 6.45) is -3.10. The molecule has 2 aliphatic rings. The molecular weight excluding hydrogens is 255 g/mol. The lowest BCUT2D eigenvalue weighted by atomic mass is 10.1. The van der Waals surface area contributed by atoms with Crippen molar-refractivity contribution in [2.24, 2.45) is 5.92 Å². The smallest absolute Gasteiger partial charge is 0.408 e. The van der Waals surface area contributed by atoms with E-state index in [0.717, 1.165) is 6.42 Å². The van der Waals surface area contributed by atoms with Crippen molar-refractivity contribution in [3.63, 3.8) is 0 Å². The second-order valence-corrected chi connectivity index (χ2v) is 5.62. The fourth-order valence-corrected chi connectivity index (χ4v) is 3.30. The molecule has 0 amide bonds. The number of hydrogen-bond donors (Lipinski definition) is 0. The second-order valence-electron chi connectivity index (χ2n) is 5.62. The van der Waals surface area contributed by atoms with Gasteiger partial charge in [0.05, 0.1) is 7.11 Å². The van der Waals surface area contributed by atoms with Gasteiger partial charge in [0.2, 0.25) is 0 Å². The summed E-state index contributed by atoms with van der Waals surface area (Å²) >= 11 is 0. The van der Waals surface area contributed by atoms with Crippen molar-refractivity contribution >= 4 is 5.69 Å². The van der Waals surface area contributed by atoms with Crippen LogP contribution in [0.4, 0.5) is 18.9 Å². The number of benzene rings is 1. The first kappa shape index (κ1) is 12.6. The van der Waals surface area contributed by atoms with Crippen LogP contribution in [0.1, 0.15) is 19.8 Å². The standard InChI is InChI=1S/C14H16F3NO/c1-13-8-9(13)7-12(14(15,16)17)18(13)10-3-5-11(19-2)6-4-10/h3-6,9,12H,7-8H2,1-2H3/t9-,12?,13+/m0/s1. The average Bonchev–Trinajstić information content (AvgIpc) is 2.91. The average molecular weight is 271 g/mol. The van der Waals surface area contributed by atoms with Gasteiger partial charge in [-0.3, -0.25) is 0 Å². The lowest BCUT2D eigenvalue weighted by Crippen LogP contribution is -2.47. The highest BCUT2D eigenvalue weighted by Crippen LogP contribution is 2.61. The highest BCUT2D eigenvalue weighted by atomic mass is 19.4. The van der Waals surface area contributed by atoms with Gasteiger partial charge in [0.25, 0.3) is 0 Å². The summed E-state index contributed by atoms with van der Waals surface area (Å²) < 4.78 is 44.5. The van der Waals surface area contributed by atoms with Crippen LogP contribution in [0.25, 0.3) is 0 Å². The topological polar surface area (TPSA) is 12.5 Å². The molecule has 19 heavy (non-hydrogen) atoms.